The van der Waals surface area contributed by atoms with Crippen LogP contribution < -0.4 is 0 Å². The van der Waals surface area contributed by atoms with Crippen LogP contribution in [0.1, 0.15) is 50.3 Å². The van der Waals surface area contributed by atoms with Crippen LogP contribution in [0, 0.1) is 0 Å². The molecule has 1 unspecified atom stereocenters. The van der Waals surface area contributed by atoms with Crippen molar-refractivity contribution in [2.45, 2.75) is 45.4 Å². The first-order valence-electron chi connectivity index (χ1n) is 5.97. The molecule has 0 N–H and O–H groups in total. The molecule has 0 aliphatic rings. The van der Waals surface area contributed by atoms with Crippen molar-refractivity contribution in [1.82, 2.24) is 0 Å². The van der Waals surface area contributed by atoms with Crippen LogP contribution in [0.4, 0.5) is 0 Å². The van der Waals surface area contributed by atoms with Gasteiger partial charge in [0.05, 0.1) is 13.0 Å². The smallest absolute Gasteiger partial charge is 0.306 e. The van der Waals surface area contributed by atoms with Crippen LogP contribution >= 0.6 is 11.3 Å². The topological polar surface area (TPSA) is 26.3 Å². The zero-order valence-electron chi connectivity index (χ0n) is 10.1. The van der Waals surface area contributed by atoms with Crippen molar-refractivity contribution < 1.29 is 9.53 Å². The number of hydrogen-bond acceptors (Lipinski definition) is 3. The number of carbonyl (C=O) groups is 1. The maximum absolute atomic E-state index is 11.6. The summed E-state index contributed by atoms with van der Waals surface area (Å²) in [6, 6.07) is 4.13. The lowest BCUT2D eigenvalue weighted by Crippen LogP contribution is -2.10. The van der Waals surface area contributed by atoms with Gasteiger partial charge < -0.3 is 4.74 Å². The van der Waals surface area contributed by atoms with E-state index in [9.17, 15) is 4.79 Å². The van der Waals surface area contributed by atoms with Crippen molar-refractivity contribution in [3.8, 4) is 0 Å². The highest BCUT2D eigenvalue weighted by Gasteiger charge is 2.15. The molecule has 16 heavy (non-hydrogen) atoms. The zero-order chi connectivity index (χ0) is 11.8. The van der Waals surface area contributed by atoms with Gasteiger partial charge in [0.2, 0.25) is 0 Å². The quantitative estimate of drug-likeness (QED) is 0.532. The third-order valence-corrected chi connectivity index (χ3v) is 3.65. The number of carbonyl (C=O) groups excluding carboxylic acids is 1. The van der Waals surface area contributed by atoms with Gasteiger partial charge in [0.1, 0.15) is 0 Å². The standard InChI is InChI=1S/C13H20O2S/c1-3-5-8-15-13(14)10-11(4-2)12-7-6-9-16-12/h6-7,9,11H,3-5,8,10H2,1-2H3. The van der Waals surface area contributed by atoms with Crippen molar-refractivity contribution in [3.05, 3.63) is 22.4 Å². The Kier molecular flexibility index (Phi) is 6.16. The van der Waals surface area contributed by atoms with Crippen LogP contribution in [-0.4, -0.2) is 12.6 Å². The van der Waals surface area contributed by atoms with Crippen LogP contribution in [0.3, 0.4) is 0 Å². The molecule has 1 aromatic heterocycles. The molecule has 2 nitrogen and oxygen atoms in total. The number of thiophene rings is 1. The van der Waals surface area contributed by atoms with E-state index < -0.39 is 0 Å². The SMILES string of the molecule is CCCCOC(=O)CC(CC)c1cccs1. The van der Waals surface area contributed by atoms with E-state index in [4.69, 9.17) is 4.74 Å². The summed E-state index contributed by atoms with van der Waals surface area (Å²) < 4.78 is 5.18. The van der Waals surface area contributed by atoms with E-state index >= 15 is 0 Å². The fraction of sp³-hybridized carbons (Fsp3) is 0.615. The van der Waals surface area contributed by atoms with Crippen molar-refractivity contribution in [2.75, 3.05) is 6.61 Å². The molecule has 1 aromatic rings. The van der Waals surface area contributed by atoms with Crippen LogP contribution in [0.15, 0.2) is 17.5 Å². The number of esters is 1. The molecule has 0 aliphatic carbocycles. The second-order valence-electron chi connectivity index (χ2n) is 3.90. The summed E-state index contributed by atoms with van der Waals surface area (Å²) >= 11 is 1.72. The van der Waals surface area contributed by atoms with Gasteiger partial charge in [-0.15, -0.1) is 11.3 Å². The maximum atomic E-state index is 11.6. The second kappa shape index (κ2) is 7.44. The van der Waals surface area contributed by atoms with Crippen molar-refractivity contribution in [1.29, 1.82) is 0 Å². The second-order valence-corrected chi connectivity index (χ2v) is 4.88. The monoisotopic (exact) mass is 240 g/mol. The predicted molar refractivity (Wildman–Crippen MR) is 67.8 cm³/mol. The molecule has 0 bridgehead atoms. The Morgan fingerprint density at radius 2 is 2.31 bits per heavy atom. The van der Waals surface area contributed by atoms with Crippen LogP contribution in [-0.2, 0) is 9.53 Å². The van der Waals surface area contributed by atoms with E-state index in [2.05, 4.69) is 25.3 Å². The highest BCUT2D eigenvalue weighted by molar-refractivity contribution is 7.10. The molecule has 0 saturated carbocycles. The Hall–Kier alpha value is -0.830. The third-order valence-electron chi connectivity index (χ3n) is 2.61. The highest BCUT2D eigenvalue weighted by atomic mass is 32.1. The first-order valence-corrected chi connectivity index (χ1v) is 6.84. The van der Waals surface area contributed by atoms with Crippen molar-refractivity contribution >= 4 is 17.3 Å². The molecule has 0 saturated heterocycles. The average molecular weight is 240 g/mol. The predicted octanol–water partition coefficient (Wildman–Crippen LogP) is 3.98. The minimum atomic E-state index is -0.0614. The largest absolute Gasteiger partial charge is 0.466 e. The van der Waals surface area contributed by atoms with Crippen molar-refractivity contribution in [2.24, 2.45) is 0 Å². The van der Waals surface area contributed by atoms with E-state index in [0.717, 1.165) is 19.3 Å². The molecule has 0 aliphatic heterocycles. The molecule has 0 spiro atoms. The lowest BCUT2D eigenvalue weighted by atomic mass is 10.0. The Balaban J connectivity index is 2.36. The summed E-state index contributed by atoms with van der Waals surface area (Å²) in [7, 11) is 0. The third kappa shape index (κ3) is 4.35. The first-order chi connectivity index (χ1) is 7.77. The zero-order valence-corrected chi connectivity index (χ0v) is 10.9. The molecule has 0 fully saturated rings. The minimum Gasteiger partial charge on any atom is -0.466 e. The van der Waals surface area contributed by atoms with Crippen LogP contribution in [0.25, 0.3) is 0 Å². The average Bonchev–Trinajstić information content (AvgIpc) is 2.79. The van der Waals surface area contributed by atoms with E-state index in [-0.39, 0.29) is 5.97 Å². The molecule has 3 heteroatoms. The van der Waals surface area contributed by atoms with Gasteiger partial charge in [-0.1, -0.05) is 26.3 Å². The van der Waals surface area contributed by atoms with Gasteiger partial charge in [0.25, 0.3) is 0 Å². The summed E-state index contributed by atoms with van der Waals surface area (Å²) in [5.41, 5.74) is 0. The lowest BCUT2D eigenvalue weighted by molar-refractivity contribution is -0.144. The van der Waals surface area contributed by atoms with E-state index in [1.165, 1.54) is 4.88 Å². The number of hydrogen-bond donors (Lipinski definition) is 0. The number of unbranched alkanes of at least 4 members (excludes halogenated alkanes) is 1. The fourth-order valence-electron chi connectivity index (χ4n) is 1.56. The number of rotatable bonds is 7. The molecule has 1 atom stereocenters. The Morgan fingerprint density at radius 1 is 1.50 bits per heavy atom. The summed E-state index contributed by atoms with van der Waals surface area (Å²) in [6.45, 7) is 4.77. The van der Waals surface area contributed by atoms with Gasteiger partial charge >= 0.3 is 5.97 Å². The van der Waals surface area contributed by atoms with E-state index in [0.29, 0.717) is 18.9 Å². The molecule has 0 aromatic carbocycles. The van der Waals surface area contributed by atoms with Gasteiger partial charge in [-0.2, -0.15) is 0 Å². The Bertz CT molecular complexity index is 293. The maximum Gasteiger partial charge on any atom is 0.306 e. The summed E-state index contributed by atoms with van der Waals surface area (Å²) in [4.78, 5) is 12.9. The summed E-state index contributed by atoms with van der Waals surface area (Å²) in [6.07, 6.45) is 3.53. The highest BCUT2D eigenvalue weighted by Crippen LogP contribution is 2.27. The van der Waals surface area contributed by atoms with Gasteiger partial charge in [0.15, 0.2) is 0 Å². The Morgan fingerprint density at radius 3 is 2.88 bits per heavy atom. The first kappa shape index (κ1) is 13.2. The van der Waals surface area contributed by atoms with Gasteiger partial charge in [-0.3, -0.25) is 4.79 Å². The summed E-state index contributed by atoms with van der Waals surface area (Å²) in [5.74, 6) is 0.267. The van der Waals surface area contributed by atoms with E-state index in [1.54, 1.807) is 11.3 Å². The molecule has 90 valence electrons. The fourth-order valence-corrected chi connectivity index (χ4v) is 2.47. The van der Waals surface area contributed by atoms with E-state index in [1.807, 2.05) is 6.07 Å². The molecular formula is C13H20O2S. The van der Waals surface area contributed by atoms with Crippen LogP contribution in [0.2, 0.25) is 0 Å². The molecule has 1 rings (SSSR count). The van der Waals surface area contributed by atoms with Gasteiger partial charge in [0, 0.05) is 10.8 Å². The van der Waals surface area contributed by atoms with Crippen LogP contribution in [0.5, 0.6) is 0 Å². The molecule has 0 amide bonds. The Labute approximate surface area is 102 Å². The van der Waals surface area contributed by atoms with Gasteiger partial charge in [-0.05, 0) is 24.3 Å². The molecule has 1 heterocycles. The summed E-state index contributed by atoms with van der Waals surface area (Å²) in [5, 5.41) is 2.06. The van der Waals surface area contributed by atoms with Crippen molar-refractivity contribution in [3.63, 3.8) is 0 Å². The lowest BCUT2D eigenvalue weighted by Gasteiger charge is -2.12. The normalized spacial score (nSPS) is 12.4. The molecular weight excluding hydrogens is 220 g/mol. The molecule has 0 radical (unpaired) electrons. The van der Waals surface area contributed by atoms with Gasteiger partial charge in [-0.25, -0.2) is 0 Å². The minimum absolute atomic E-state index is 0.0614. The number of ether oxygens (including phenoxy) is 1.